The van der Waals surface area contributed by atoms with E-state index in [1.165, 1.54) is 18.4 Å². The molecule has 1 aliphatic heterocycles. The lowest BCUT2D eigenvalue weighted by Gasteiger charge is -2.33. The smallest absolute Gasteiger partial charge is 0.319 e. The average Bonchev–Trinajstić information content (AvgIpc) is 2.73. The Labute approximate surface area is 172 Å². The molecule has 8 heteroatoms. The predicted molar refractivity (Wildman–Crippen MR) is 116 cm³/mol. The molecule has 7 nitrogen and oxygen atoms in total. The summed E-state index contributed by atoms with van der Waals surface area (Å²) in [6.07, 6.45) is 1.95. The second-order valence-electron chi connectivity index (χ2n) is 7.41. The SMILES string of the molecule is CN(C)S(=O)(=O)c1ccc(N2CCC(CNC(=O)Nc3ccccc3)CC2)cc1. The van der Waals surface area contributed by atoms with Crippen LogP contribution < -0.4 is 15.5 Å². The second-order valence-corrected chi connectivity index (χ2v) is 9.56. The maximum Gasteiger partial charge on any atom is 0.319 e. The molecule has 29 heavy (non-hydrogen) atoms. The minimum absolute atomic E-state index is 0.184. The molecule has 156 valence electrons. The third-order valence-corrected chi connectivity index (χ3v) is 7.01. The Balaban J connectivity index is 1.46. The van der Waals surface area contributed by atoms with Crippen molar-refractivity contribution >= 4 is 27.4 Å². The Kier molecular flexibility index (Phi) is 6.76. The van der Waals surface area contributed by atoms with Crippen LogP contribution in [0, 0.1) is 5.92 Å². The molecule has 0 radical (unpaired) electrons. The molecule has 0 spiro atoms. The van der Waals surface area contributed by atoms with Crippen LogP contribution in [0.5, 0.6) is 0 Å². The topological polar surface area (TPSA) is 81.8 Å². The minimum atomic E-state index is -3.40. The van der Waals surface area contributed by atoms with Gasteiger partial charge < -0.3 is 15.5 Å². The van der Waals surface area contributed by atoms with Crippen LogP contribution in [-0.4, -0.2) is 52.5 Å². The molecule has 0 aromatic heterocycles. The van der Waals surface area contributed by atoms with Crippen LogP contribution >= 0.6 is 0 Å². The summed E-state index contributed by atoms with van der Waals surface area (Å²) in [6, 6.07) is 16.2. The largest absolute Gasteiger partial charge is 0.372 e. The summed E-state index contributed by atoms with van der Waals surface area (Å²) >= 11 is 0. The molecule has 2 N–H and O–H groups in total. The van der Waals surface area contributed by atoms with Gasteiger partial charge in [0.05, 0.1) is 4.90 Å². The van der Waals surface area contributed by atoms with Gasteiger partial charge in [-0.25, -0.2) is 17.5 Å². The number of nitrogens with one attached hydrogen (secondary N) is 2. The maximum absolute atomic E-state index is 12.2. The first-order valence-electron chi connectivity index (χ1n) is 9.73. The van der Waals surface area contributed by atoms with Gasteiger partial charge in [-0.3, -0.25) is 0 Å². The lowest BCUT2D eigenvalue weighted by molar-refractivity contribution is 0.248. The highest BCUT2D eigenvalue weighted by Crippen LogP contribution is 2.25. The van der Waals surface area contributed by atoms with Crippen LogP contribution in [0.25, 0.3) is 0 Å². The molecule has 2 aromatic rings. The van der Waals surface area contributed by atoms with E-state index in [0.29, 0.717) is 17.4 Å². The van der Waals surface area contributed by atoms with Crippen LogP contribution in [-0.2, 0) is 10.0 Å². The van der Waals surface area contributed by atoms with E-state index < -0.39 is 10.0 Å². The second kappa shape index (κ2) is 9.28. The van der Waals surface area contributed by atoms with Gasteiger partial charge in [0.2, 0.25) is 10.0 Å². The van der Waals surface area contributed by atoms with Crippen molar-refractivity contribution in [3.8, 4) is 0 Å². The van der Waals surface area contributed by atoms with E-state index in [1.54, 1.807) is 12.1 Å². The molecule has 1 saturated heterocycles. The maximum atomic E-state index is 12.2. The zero-order chi connectivity index (χ0) is 20.9. The summed E-state index contributed by atoms with van der Waals surface area (Å²) in [4.78, 5) is 14.6. The number of sulfonamides is 1. The molecule has 1 heterocycles. The van der Waals surface area contributed by atoms with Gasteiger partial charge in [0.1, 0.15) is 0 Å². The quantitative estimate of drug-likeness (QED) is 0.759. The van der Waals surface area contributed by atoms with Crippen molar-refractivity contribution in [3.05, 3.63) is 54.6 Å². The van der Waals surface area contributed by atoms with E-state index in [9.17, 15) is 13.2 Å². The fraction of sp³-hybridized carbons (Fsp3) is 0.381. The number of carbonyl (C=O) groups is 1. The van der Waals surface area contributed by atoms with E-state index in [-0.39, 0.29) is 6.03 Å². The zero-order valence-corrected chi connectivity index (χ0v) is 17.7. The van der Waals surface area contributed by atoms with E-state index in [2.05, 4.69) is 15.5 Å². The zero-order valence-electron chi connectivity index (χ0n) is 16.8. The summed E-state index contributed by atoms with van der Waals surface area (Å²) in [5.74, 6) is 0.432. The molecule has 2 amide bonds. The molecule has 0 unspecified atom stereocenters. The number of amides is 2. The molecule has 1 aliphatic rings. The molecule has 0 bridgehead atoms. The van der Waals surface area contributed by atoms with Gasteiger partial charge >= 0.3 is 6.03 Å². The monoisotopic (exact) mass is 416 g/mol. The van der Waals surface area contributed by atoms with E-state index in [4.69, 9.17) is 0 Å². The average molecular weight is 417 g/mol. The van der Waals surface area contributed by atoms with Gasteiger partial charge in [-0.2, -0.15) is 0 Å². The van der Waals surface area contributed by atoms with Gasteiger partial charge in [-0.15, -0.1) is 0 Å². The van der Waals surface area contributed by atoms with E-state index in [0.717, 1.165) is 37.3 Å². The van der Waals surface area contributed by atoms with Crippen molar-refractivity contribution in [3.63, 3.8) is 0 Å². The summed E-state index contributed by atoms with van der Waals surface area (Å²) in [7, 11) is -0.343. The van der Waals surface area contributed by atoms with Crippen LogP contribution in [0.2, 0.25) is 0 Å². The van der Waals surface area contributed by atoms with E-state index in [1.807, 2.05) is 42.5 Å². The van der Waals surface area contributed by atoms with Crippen molar-refractivity contribution in [2.45, 2.75) is 17.7 Å². The number of nitrogens with zero attached hydrogens (tertiary/aromatic N) is 2. The van der Waals surface area contributed by atoms with Crippen molar-refractivity contribution in [2.24, 2.45) is 5.92 Å². The molecule has 1 fully saturated rings. The van der Waals surface area contributed by atoms with Gasteiger partial charge in [0.15, 0.2) is 0 Å². The Morgan fingerprint density at radius 1 is 1.03 bits per heavy atom. The lowest BCUT2D eigenvalue weighted by Crippen LogP contribution is -2.39. The Morgan fingerprint density at radius 2 is 1.66 bits per heavy atom. The number of rotatable bonds is 6. The Morgan fingerprint density at radius 3 is 2.24 bits per heavy atom. The minimum Gasteiger partial charge on any atom is -0.372 e. The highest BCUT2D eigenvalue weighted by atomic mass is 32.2. The number of hydrogen-bond donors (Lipinski definition) is 2. The number of para-hydroxylation sites is 1. The van der Waals surface area contributed by atoms with Crippen LogP contribution in [0.4, 0.5) is 16.2 Å². The van der Waals surface area contributed by atoms with Crippen molar-refractivity contribution in [1.82, 2.24) is 9.62 Å². The first kappa shape index (κ1) is 21.1. The number of anilines is 2. The lowest BCUT2D eigenvalue weighted by atomic mass is 9.96. The molecular formula is C21H28N4O3S. The number of urea groups is 1. The first-order chi connectivity index (χ1) is 13.9. The van der Waals surface area contributed by atoms with Crippen molar-refractivity contribution < 1.29 is 13.2 Å². The standard InChI is InChI=1S/C21H28N4O3S/c1-24(2)29(27,28)20-10-8-19(9-11-20)25-14-12-17(13-15-25)16-22-21(26)23-18-6-4-3-5-7-18/h3-11,17H,12-16H2,1-2H3,(H2,22,23,26). The van der Waals surface area contributed by atoms with Crippen LogP contribution in [0.3, 0.4) is 0 Å². The number of hydrogen-bond acceptors (Lipinski definition) is 4. The number of carbonyl (C=O) groups excluding carboxylic acids is 1. The van der Waals surface area contributed by atoms with Crippen molar-refractivity contribution in [2.75, 3.05) is 43.9 Å². The third-order valence-electron chi connectivity index (χ3n) is 5.18. The normalized spacial score (nSPS) is 15.3. The fourth-order valence-electron chi connectivity index (χ4n) is 3.37. The number of piperidine rings is 1. The molecule has 2 aromatic carbocycles. The fourth-order valence-corrected chi connectivity index (χ4v) is 4.27. The summed E-state index contributed by atoms with van der Waals surface area (Å²) in [6.45, 7) is 2.41. The molecule has 3 rings (SSSR count). The van der Waals surface area contributed by atoms with Gasteiger partial charge in [-0.05, 0) is 55.2 Å². The predicted octanol–water partition coefficient (Wildman–Crippen LogP) is 2.98. The Hall–Kier alpha value is -2.58. The molecule has 0 atom stereocenters. The van der Waals surface area contributed by atoms with Gasteiger partial charge in [0, 0.05) is 45.1 Å². The first-order valence-corrected chi connectivity index (χ1v) is 11.2. The molecular weight excluding hydrogens is 388 g/mol. The Bertz CT molecular complexity index is 907. The molecule has 0 saturated carbocycles. The van der Waals surface area contributed by atoms with Crippen LogP contribution in [0.15, 0.2) is 59.5 Å². The molecule has 0 aliphatic carbocycles. The van der Waals surface area contributed by atoms with Crippen molar-refractivity contribution in [1.29, 1.82) is 0 Å². The summed E-state index contributed by atoms with van der Waals surface area (Å²) in [5.41, 5.74) is 1.80. The number of benzene rings is 2. The highest BCUT2D eigenvalue weighted by molar-refractivity contribution is 7.89. The third kappa shape index (κ3) is 5.48. The van der Waals surface area contributed by atoms with Gasteiger partial charge in [0.25, 0.3) is 0 Å². The summed E-state index contributed by atoms with van der Waals surface area (Å²) < 4.78 is 25.6. The van der Waals surface area contributed by atoms with Crippen LogP contribution in [0.1, 0.15) is 12.8 Å². The highest BCUT2D eigenvalue weighted by Gasteiger charge is 2.21. The van der Waals surface area contributed by atoms with E-state index >= 15 is 0 Å². The van der Waals surface area contributed by atoms with Gasteiger partial charge in [-0.1, -0.05) is 18.2 Å². The summed E-state index contributed by atoms with van der Waals surface area (Å²) in [5, 5.41) is 5.78.